The van der Waals surface area contributed by atoms with E-state index in [0.717, 1.165) is 18.2 Å². The molecule has 2 rings (SSSR count). The Hall–Kier alpha value is -3.37. The molecule has 0 aromatic heterocycles. The largest absolute Gasteiger partial charge is 0.506 e. The van der Waals surface area contributed by atoms with Gasteiger partial charge in [0.1, 0.15) is 11.0 Å². The molecule has 188 valence electrons. The first-order chi connectivity index (χ1) is 16.4. The van der Waals surface area contributed by atoms with Gasteiger partial charge in [-0.1, -0.05) is 50.6 Å². The maximum atomic E-state index is 12.9. The fourth-order valence-corrected chi connectivity index (χ4v) is 4.76. The van der Waals surface area contributed by atoms with Gasteiger partial charge in [0.05, 0.1) is 27.9 Å². The van der Waals surface area contributed by atoms with Crippen molar-refractivity contribution < 1.29 is 32.6 Å². The van der Waals surface area contributed by atoms with E-state index in [4.69, 9.17) is 16.3 Å². The first-order valence-electron chi connectivity index (χ1n) is 10.7. The van der Waals surface area contributed by atoms with Gasteiger partial charge in [-0.25, -0.2) is 13.2 Å². The molecule has 0 saturated heterocycles. The average Bonchev–Trinajstić information content (AvgIpc) is 2.80. The van der Waals surface area contributed by atoms with Crippen LogP contribution in [-0.2, 0) is 29.0 Å². The summed E-state index contributed by atoms with van der Waals surface area (Å²) in [5.74, 6) is -2.53. The molecule has 2 aromatic rings. The van der Waals surface area contributed by atoms with E-state index in [1.54, 1.807) is 25.1 Å². The molecule has 0 bridgehead atoms. The van der Waals surface area contributed by atoms with Crippen LogP contribution in [0, 0.1) is 5.92 Å². The number of esters is 1. The van der Waals surface area contributed by atoms with Gasteiger partial charge in [-0.2, -0.15) is 0 Å². The molecule has 1 unspecified atom stereocenters. The summed E-state index contributed by atoms with van der Waals surface area (Å²) in [5, 5.41) is 13.6. The monoisotopic (exact) mass is 522 g/mol. The molecule has 3 N–H and O–H groups in total. The van der Waals surface area contributed by atoms with E-state index in [0.29, 0.717) is 0 Å². The predicted molar refractivity (Wildman–Crippen MR) is 133 cm³/mol. The molecular weight excluding hydrogens is 496 g/mol. The van der Waals surface area contributed by atoms with E-state index in [1.807, 2.05) is 13.8 Å². The second-order valence-corrected chi connectivity index (χ2v) is 10.5. The molecule has 0 aliphatic heterocycles. The van der Waals surface area contributed by atoms with Crippen LogP contribution in [0.2, 0.25) is 5.02 Å². The number of anilines is 2. The maximum absolute atomic E-state index is 12.9. The zero-order chi connectivity index (χ0) is 26.2. The minimum atomic E-state index is -3.96. The Morgan fingerprint density at radius 3 is 2.31 bits per heavy atom. The number of benzene rings is 2. The number of carbonyl (C=O) groups is 3. The van der Waals surface area contributed by atoms with Crippen molar-refractivity contribution in [1.82, 2.24) is 0 Å². The number of phenolic OH excluding ortho intramolecular Hbond substituents is 1. The van der Waals surface area contributed by atoms with Crippen LogP contribution in [0.3, 0.4) is 0 Å². The molecule has 2 aromatic carbocycles. The summed E-state index contributed by atoms with van der Waals surface area (Å²) in [6, 6.07) is 9.85. The summed E-state index contributed by atoms with van der Waals surface area (Å²) in [6.45, 7) is 5.51. The fraction of sp³-hybridized carbons (Fsp3) is 0.292. The van der Waals surface area contributed by atoms with Gasteiger partial charge in [-0.05, 0) is 30.5 Å². The molecule has 11 heteroatoms. The molecule has 0 fully saturated rings. The van der Waals surface area contributed by atoms with Crippen LogP contribution in [0.1, 0.15) is 27.2 Å². The number of hydrogen-bond donors (Lipinski definition) is 3. The predicted octanol–water partition coefficient (Wildman–Crippen LogP) is 3.93. The zero-order valence-electron chi connectivity index (χ0n) is 19.4. The lowest BCUT2D eigenvalue weighted by atomic mass is 10.2. The second kappa shape index (κ2) is 12.4. The topological polar surface area (TPSA) is 139 Å². The number of phenols is 1. The highest BCUT2D eigenvalue weighted by atomic mass is 35.5. The smallest absolute Gasteiger partial charge is 0.330 e. The van der Waals surface area contributed by atoms with E-state index < -0.39 is 38.6 Å². The maximum Gasteiger partial charge on any atom is 0.330 e. The molecule has 1 atom stereocenters. The molecule has 0 saturated carbocycles. The highest BCUT2D eigenvalue weighted by molar-refractivity contribution is 7.92. The third kappa shape index (κ3) is 7.83. The standard InChI is InChI=1S/C24H27ClN2O7S/c1-4-21(35(32,33)16-8-6-5-7-9-16)24(31)27-18-13-20(28)19(12-17(18)25)26-22(29)10-11-23(30)34-14-15(2)3/h5-13,15,21,28H,4,14H2,1-3H3,(H,26,29)(H,27,31)/b11-10+. The minimum Gasteiger partial charge on any atom is -0.506 e. The van der Waals surface area contributed by atoms with Crippen molar-refractivity contribution in [2.75, 3.05) is 17.2 Å². The number of halogens is 1. The minimum absolute atomic E-state index is 0.00669. The van der Waals surface area contributed by atoms with Crippen molar-refractivity contribution in [1.29, 1.82) is 0 Å². The van der Waals surface area contributed by atoms with Gasteiger partial charge in [-0.15, -0.1) is 0 Å². The van der Waals surface area contributed by atoms with E-state index in [2.05, 4.69) is 10.6 Å². The molecule has 0 spiro atoms. The Kier molecular flexibility index (Phi) is 9.85. The Morgan fingerprint density at radius 1 is 1.06 bits per heavy atom. The number of ether oxygens (including phenoxy) is 1. The quantitative estimate of drug-likeness (QED) is 0.244. The third-order valence-electron chi connectivity index (χ3n) is 4.64. The lowest BCUT2D eigenvalue weighted by molar-refractivity contribution is -0.139. The van der Waals surface area contributed by atoms with Crippen molar-refractivity contribution in [3.05, 3.63) is 59.6 Å². The van der Waals surface area contributed by atoms with E-state index in [1.165, 1.54) is 18.2 Å². The molecule has 2 amide bonds. The second-order valence-electron chi connectivity index (χ2n) is 7.94. The van der Waals surface area contributed by atoms with Crippen LogP contribution in [0.4, 0.5) is 11.4 Å². The SMILES string of the molecule is CCC(C(=O)Nc1cc(O)c(NC(=O)/C=C/C(=O)OCC(C)C)cc1Cl)S(=O)(=O)c1ccccc1. The molecule has 35 heavy (non-hydrogen) atoms. The summed E-state index contributed by atoms with van der Waals surface area (Å²) >= 11 is 6.19. The number of sulfone groups is 1. The van der Waals surface area contributed by atoms with Gasteiger partial charge >= 0.3 is 5.97 Å². The highest BCUT2D eigenvalue weighted by Gasteiger charge is 2.32. The lowest BCUT2D eigenvalue weighted by Crippen LogP contribution is -2.34. The molecule has 0 aliphatic rings. The number of nitrogens with one attached hydrogen (secondary N) is 2. The molecule has 9 nitrogen and oxygen atoms in total. The Labute approximate surface area is 209 Å². The number of carbonyl (C=O) groups excluding carboxylic acids is 3. The van der Waals surface area contributed by atoms with Gasteiger partial charge in [0, 0.05) is 18.2 Å². The number of amides is 2. The number of aromatic hydroxyl groups is 1. The van der Waals surface area contributed by atoms with E-state index >= 15 is 0 Å². The normalized spacial score (nSPS) is 12.4. The van der Waals surface area contributed by atoms with E-state index in [9.17, 15) is 27.9 Å². The molecular formula is C24H27ClN2O7S. The van der Waals surface area contributed by atoms with Gasteiger partial charge in [0.15, 0.2) is 9.84 Å². The Bertz CT molecular complexity index is 1210. The lowest BCUT2D eigenvalue weighted by Gasteiger charge is -2.17. The zero-order valence-corrected chi connectivity index (χ0v) is 21.0. The van der Waals surface area contributed by atoms with Crippen molar-refractivity contribution in [3.8, 4) is 5.75 Å². The first-order valence-corrected chi connectivity index (χ1v) is 12.7. The van der Waals surface area contributed by atoms with Crippen molar-refractivity contribution in [2.24, 2.45) is 5.92 Å². The van der Waals surface area contributed by atoms with Gasteiger partial charge < -0.3 is 20.5 Å². The van der Waals surface area contributed by atoms with Crippen LogP contribution in [0.15, 0.2) is 59.5 Å². The Balaban J connectivity index is 2.12. The van der Waals surface area contributed by atoms with Gasteiger partial charge in [0.25, 0.3) is 0 Å². The van der Waals surface area contributed by atoms with Crippen LogP contribution in [-0.4, -0.2) is 43.2 Å². The third-order valence-corrected chi connectivity index (χ3v) is 7.18. The van der Waals surface area contributed by atoms with Gasteiger partial charge in [0.2, 0.25) is 11.8 Å². The Morgan fingerprint density at radius 2 is 1.71 bits per heavy atom. The van der Waals surface area contributed by atoms with Crippen molar-refractivity contribution in [2.45, 2.75) is 37.3 Å². The van der Waals surface area contributed by atoms with Gasteiger partial charge in [-0.3, -0.25) is 9.59 Å². The molecule has 0 radical (unpaired) electrons. The van der Waals surface area contributed by atoms with Crippen LogP contribution in [0.5, 0.6) is 5.75 Å². The van der Waals surface area contributed by atoms with Crippen LogP contribution in [0.25, 0.3) is 0 Å². The molecule has 0 aliphatic carbocycles. The highest BCUT2D eigenvalue weighted by Crippen LogP contribution is 2.34. The summed E-state index contributed by atoms with van der Waals surface area (Å²) in [6.07, 6.45) is 1.89. The summed E-state index contributed by atoms with van der Waals surface area (Å²) < 4.78 is 30.7. The van der Waals surface area contributed by atoms with E-state index in [-0.39, 0.29) is 40.2 Å². The van der Waals surface area contributed by atoms with Crippen molar-refractivity contribution >= 4 is 50.6 Å². The number of rotatable bonds is 10. The van der Waals surface area contributed by atoms with Crippen molar-refractivity contribution in [3.63, 3.8) is 0 Å². The summed E-state index contributed by atoms with van der Waals surface area (Å²) in [4.78, 5) is 36.4. The number of hydrogen-bond acceptors (Lipinski definition) is 7. The summed E-state index contributed by atoms with van der Waals surface area (Å²) in [7, 11) is -3.96. The van der Waals surface area contributed by atoms with Crippen LogP contribution >= 0.6 is 11.6 Å². The molecule has 0 heterocycles. The first kappa shape index (κ1) is 27.9. The average molecular weight is 523 g/mol. The van der Waals surface area contributed by atoms with Crippen LogP contribution < -0.4 is 10.6 Å². The fourth-order valence-electron chi connectivity index (χ4n) is 2.91. The summed E-state index contributed by atoms with van der Waals surface area (Å²) in [5.41, 5.74) is -0.121.